The van der Waals surface area contributed by atoms with Crippen molar-refractivity contribution in [3.8, 4) is 17.6 Å². The molecule has 2 aromatic carbocycles. The predicted octanol–water partition coefficient (Wildman–Crippen LogP) is 4.27. The molecule has 2 amide bonds. The van der Waals surface area contributed by atoms with Crippen LogP contribution in [0.1, 0.15) is 54.9 Å². The number of benzene rings is 2. The molecule has 0 unspecified atom stereocenters. The van der Waals surface area contributed by atoms with Crippen molar-refractivity contribution >= 4 is 11.8 Å². The Morgan fingerprint density at radius 1 is 1.12 bits per heavy atom. The number of nitrogens with zero attached hydrogens (tertiary/aromatic N) is 3. The summed E-state index contributed by atoms with van der Waals surface area (Å²) < 4.78 is 11.1. The first-order valence-electron chi connectivity index (χ1n) is 11.9. The summed E-state index contributed by atoms with van der Waals surface area (Å²) in [6.07, 6.45) is 3.48. The number of carbonyl (C=O) groups excluding carboxylic acids is 2. The maximum atomic E-state index is 13.0. The minimum Gasteiger partial charge on any atom is -0.493 e. The zero-order valence-corrected chi connectivity index (χ0v) is 20.0. The monoisotopic (exact) mass is 463 g/mol. The molecule has 0 N–H and O–H groups in total. The van der Waals surface area contributed by atoms with Crippen LogP contribution in [0, 0.1) is 11.3 Å². The Morgan fingerprint density at radius 2 is 1.85 bits per heavy atom. The van der Waals surface area contributed by atoms with E-state index in [-0.39, 0.29) is 17.9 Å². The largest absolute Gasteiger partial charge is 0.493 e. The zero-order valence-electron chi connectivity index (χ0n) is 20.0. The summed E-state index contributed by atoms with van der Waals surface area (Å²) in [5.41, 5.74) is 1.22. The second-order valence-corrected chi connectivity index (χ2v) is 8.41. The quantitative estimate of drug-likeness (QED) is 0.492. The van der Waals surface area contributed by atoms with Crippen LogP contribution in [0.4, 0.5) is 0 Å². The van der Waals surface area contributed by atoms with Crippen LogP contribution in [0.25, 0.3) is 0 Å². The molecule has 2 aromatic rings. The summed E-state index contributed by atoms with van der Waals surface area (Å²) in [7, 11) is 1.54. The van der Waals surface area contributed by atoms with Gasteiger partial charge in [0.2, 0.25) is 5.91 Å². The number of methoxy groups -OCH3 is 1. The number of carbonyl (C=O) groups is 2. The third-order valence-corrected chi connectivity index (χ3v) is 6.08. The molecule has 1 saturated heterocycles. The van der Waals surface area contributed by atoms with Crippen LogP contribution in [0.2, 0.25) is 0 Å². The first kappa shape index (κ1) is 25.1. The minimum atomic E-state index is 0.0581. The number of amides is 2. The molecule has 1 aliphatic heterocycles. The lowest BCUT2D eigenvalue weighted by Crippen LogP contribution is -2.49. The van der Waals surface area contributed by atoms with Gasteiger partial charge in [-0.05, 0) is 49.9 Å². The van der Waals surface area contributed by atoms with Crippen molar-refractivity contribution < 1.29 is 19.1 Å². The van der Waals surface area contributed by atoms with E-state index in [4.69, 9.17) is 14.7 Å². The summed E-state index contributed by atoms with van der Waals surface area (Å²) in [6, 6.07) is 16.6. The Morgan fingerprint density at radius 3 is 2.50 bits per heavy atom. The highest BCUT2D eigenvalue weighted by Crippen LogP contribution is 2.28. The van der Waals surface area contributed by atoms with Gasteiger partial charge >= 0.3 is 0 Å². The van der Waals surface area contributed by atoms with Crippen molar-refractivity contribution in [2.24, 2.45) is 0 Å². The SMILES string of the molecule is CCCN(C(=O)CCCOc1ccc(C#N)cc1OC)C1CCN(C(=O)c2ccccc2)CC1. The highest BCUT2D eigenvalue weighted by Gasteiger charge is 2.29. The normalized spacial score (nSPS) is 13.7. The number of piperidine rings is 1. The van der Waals surface area contributed by atoms with E-state index in [0.29, 0.717) is 55.2 Å². The van der Waals surface area contributed by atoms with Gasteiger partial charge in [-0.3, -0.25) is 9.59 Å². The van der Waals surface area contributed by atoms with Crippen molar-refractivity contribution in [3.05, 3.63) is 59.7 Å². The van der Waals surface area contributed by atoms with Crippen LogP contribution in [0.3, 0.4) is 0 Å². The van der Waals surface area contributed by atoms with Gasteiger partial charge in [-0.1, -0.05) is 25.1 Å². The van der Waals surface area contributed by atoms with Gasteiger partial charge < -0.3 is 19.3 Å². The van der Waals surface area contributed by atoms with Gasteiger partial charge in [-0.15, -0.1) is 0 Å². The van der Waals surface area contributed by atoms with E-state index in [1.54, 1.807) is 18.2 Å². The highest BCUT2D eigenvalue weighted by atomic mass is 16.5. The van der Waals surface area contributed by atoms with E-state index in [1.807, 2.05) is 40.1 Å². The second kappa shape index (κ2) is 12.6. The fraction of sp³-hybridized carbons (Fsp3) is 0.444. The lowest BCUT2D eigenvalue weighted by molar-refractivity contribution is -0.134. The third kappa shape index (κ3) is 6.50. The molecule has 1 heterocycles. The smallest absolute Gasteiger partial charge is 0.253 e. The van der Waals surface area contributed by atoms with E-state index in [9.17, 15) is 9.59 Å². The first-order chi connectivity index (χ1) is 16.6. The summed E-state index contributed by atoms with van der Waals surface area (Å²) in [4.78, 5) is 29.6. The summed E-state index contributed by atoms with van der Waals surface area (Å²) in [5, 5.41) is 9.01. The van der Waals surface area contributed by atoms with Crippen LogP contribution < -0.4 is 9.47 Å². The van der Waals surface area contributed by atoms with Gasteiger partial charge in [0.15, 0.2) is 11.5 Å². The molecule has 0 radical (unpaired) electrons. The van der Waals surface area contributed by atoms with Gasteiger partial charge in [0.05, 0.1) is 25.3 Å². The molecule has 7 nitrogen and oxygen atoms in total. The lowest BCUT2D eigenvalue weighted by Gasteiger charge is -2.38. The molecule has 3 rings (SSSR count). The maximum absolute atomic E-state index is 13.0. The molecule has 0 bridgehead atoms. The summed E-state index contributed by atoms with van der Waals surface area (Å²) in [5.74, 6) is 1.26. The van der Waals surface area contributed by atoms with Crippen molar-refractivity contribution in [2.75, 3.05) is 33.4 Å². The van der Waals surface area contributed by atoms with Gasteiger partial charge in [0.25, 0.3) is 5.91 Å². The van der Waals surface area contributed by atoms with E-state index < -0.39 is 0 Å². The number of hydrogen-bond donors (Lipinski definition) is 0. The Labute approximate surface area is 201 Å². The van der Waals surface area contributed by atoms with Gasteiger partial charge in [0, 0.05) is 43.7 Å². The summed E-state index contributed by atoms with van der Waals surface area (Å²) >= 11 is 0. The fourth-order valence-corrected chi connectivity index (χ4v) is 4.30. The molecule has 0 spiro atoms. The summed E-state index contributed by atoms with van der Waals surface area (Å²) in [6.45, 7) is 4.51. The number of ether oxygens (including phenoxy) is 2. The molecule has 7 heteroatoms. The van der Waals surface area contributed by atoms with Gasteiger partial charge in [-0.2, -0.15) is 5.26 Å². The van der Waals surface area contributed by atoms with Crippen LogP contribution >= 0.6 is 0 Å². The van der Waals surface area contributed by atoms with Crippen LogP contribution in [0.5, 0.6) is 11.5 Å². The molecule has 34 heavy (non-hydrogen) atoms. The second-order valence-electron chi connectivity index (χ2n) is 8.41. The van der Waals surface area contributed by atoms with Crippen LogP contribution in [-0.2, 0) is 4.79 Å². The van der Waals surface area contributed by atoms with Crippen molar-refractivity contribution in [1.29, 1.82) is 5.26 Å². The van der Waals surface area contributed by atoms with Crippen molar-refractivity contribution in [1.82, 2.24) is 9.80 Å². The molecule has 180 valence electrons. The maximum Gasteiger partial charge on any atom is 0.253 e. The average molecular weight is 464 g/mol. The highest BCUT2D eigenvalue weighted by molar-refractivity contribution is 5.94. The third-order valence-electron chi connectivity index (χ3n) is 6.08. The van der Waals surface area contributed by atoms with E-state index in [2.05, 4.69) is 13.0 Å². The first-order valence-corrected chi connectivity index (χ1v) is 11.9. The number of rotatable bonds is 10. The number of hydrogen-bond acceptors (Lipinski definition) is 5. The molecular formula is C27H33N3O4. The fourth-order valence-electron chi connectivity index (χ4n) is 4.30. The van der Waals surface area contributed by atoms with E-state index in [1.165, 1.54) is 7.11 Å². The lowest BCUT2D eigenvalue weighted by atomic mass is 10.0. The Bertz CT molecular complexity index is 995. The molecule has 1 aliphatic rings. The van der Waals surface area contributed by atoms with Crippen molar-refractivity contribution in [2.45, 2.75) is 45.1 Å². The molecule has 0 atom stereocenters. The predicted molar refractivity (Wildman–Crippen MR) is 130 cm³/mol. The molecule has 0 saturated carbocycles. The average Bonchev–Trinajstić information content (AvgIpc) is 2.89. The standard InChI is InChI=1S/C27H33N3O4/c1-3-15-30(23-13-16-29(17-14-23)27(32)22-8-5-4-6-9-22)26(31)10-7-18-34-24-12-11-21(20-28)19-25(24)33-2/h4-6,8-9,11-12,19,23H,3,7,10,13-18H2,1-2H3. The van der Waals surface area contributed by atoms with Crippen molar-refractivity contribution in [3.63, 3.8) is 0 Å². The molecule has 0 aliphatic carbocycles. The van der Waals surface area contributed by atoms with E-state index in [0.717, 1.165) is 25.8 Å². The molecular weight excluding hydrogens is 430 g/mol. The number of nitriles is 1. The number of likely N-dealkylation sites (tertiary alicyclic amines) is 1. The topological polar surface area (TPSA) is 82.9 Å². The van der Waals surface area contributed by atoms with Gasteiger partial charge in [0.1, 0.15) is 0 Å². The van der Waals surface area contributed by atoms with Crippen LogP contribution in [0.15, 0.2) is 48.5 Å². The molecule has 0 aromatic heterocycles. The van der Waals surface area contributed by atoms with E-state index >= 15 is 0 Å². The molecule has 1 fully saturated rings. The van der Waals surface area contributed by atoms with Crippen LogP contribution in [-0.4, -0.2) is 61.0 Å². The zero-order chi connectivity index (χ0) is 24.3. The Kier molecular flexibility index (Phi) is 9.33. The Balaban J connectivity index is 1.48. The Hall–Kier alpha value is -3.53. The minimum absolute atomic E-state index is 0.0581. The van der Waals surface area contributed by atoms with Gasteiger partial charge in [-0.25, -0.2) is 0 Å².